The van der Waals surface area contributed by atoms with Gasteiger partial charge in [0, 0.05) is 16.8 Å². The Kier molecular flexibility index (Phi) is 6.04. The lowest BCUT2D eigenvalue weighted by Gasteiger charge is -2.38. The maximum absolute atomic E-state index is 14.0. The monoisotopic (exact) mass is 420 g/mol. The molecule has 30 heavy (non-hydrogen) atoms. The predicted molar refractivity (Wildman–Crippen MR) is 110 cm³/mol. The number of aryl methyl sites for hydroxylation is 2. The number of hydrogen-bond acceptors (Lipinski definition) is 3. The van der Waals surface area contributed by atoms with Crippen LogP contribution in [0.4, 0.5) is 23.2 Å². The van der Waals surface area contributed by atoms with E-state index in [1.807, 2.05) is 6.92 Å². The molecule has 160 valence electrons. The second-order valence-corrected chi connectivity index (χ2v) is 7.38. The van der Waals surface area contributed by atoms with Gasteiger partial charge in [-0.3, -0.25) is 4.98 Å². The molecule has 0 saturated carbocycles. The van der Waals surface area contributed by atoms with E-state index in [9.17, 15) is 22.7 Å². The molecule has 0 spiro atoms. The summed E-state index contributed by atoms with van der Waals surface area (Å²) in [5.74, 6) is -0.489. The molecule has 2 aromatic carbocycles. The molecular formula is C23H24F4N2O. The van der Waals surface area contributed by atoms with Crippen LogP contribution in [-0.4, -0.2) is 21.9 Å². The summed E-state index contributed by atoms with van der Waals surface area (Å²) in [6.45, 7) is 4.83. The first-order chi connectivity index (χ1) is 14.1. The van der Waals surface area contributed by atoms with Gasteiger partial charge in [0.05, 0.1) is 11.6 Å². The lowest BCUT2D eigenvalue weighted by atomic mass is 9.84. The minimum atomic E-state index is -4.90. The van der Waals surface area contributed by atoms with E-state index in [1.54, 1.807) is 37.3 Å². The van der Waals surface area contributed by atoms with Crippen LogP contribution in [0.2, 0.25) is 0 Å². The van der Waals surface area contributed by atoms with Crippen LogP contribution in [-0.2, 0) is 6.42 Å². The van der Waals surface area contributed by atoms with Crippen molar-refractivity contribution in [2.24, 2.45) is 0 Å². The summed E-state index contributed by atoms with van der Waals surface area (Å²) in [5, 5.41) is 14.3. The number of alkyl halides is 3. The van der Waals surface area contributed by atoms with E-state index >= 15 is 0 Å². The average molecular weight is 420 g/mol. The molecule has 0 aliphatic rings. The fraction of sp³-hybridized carbons (Fsp3) is 0.348. The van der Waals surface area contributed by atoms with Gasteiger partial charge in [-0.05, 0) is 61.2 Å². The molecule has 2 atom stereocenters. The summed E-state index contributed by atoms with van der Waals surface area (Å²) in [5.41, 5.74) is -0.802. The first-order valence-corrected chi connectivity index (χ1v) is 9.81. The number of nitrogens with one attached hydrogen (secondary N) is 1. The summed E-state index contributed by atoms with van der Waals surface area (Å²) >= 11 is 0. The third kappa shape index (κ3) is 3.99. The van der Waals surface area contributed by atoms with Crippen LogP contribution >= 0.6 is 0 Å². The van der Waals surface area contributed by atoms with Gasteiger partial charge in [0.1, 0.15) is 5.82 Å². The zero-order valence-corrected chi connectivity index (χ0v) is 17.0. The topological polar surface area (TPSA) is 45.2 Å². The number of nitrogens with zero attached hydrogens (tertiary/aromatic N) is 1. The molecule has 3 aromatic rings. The third-order valence-electron chi connectivity index (χ3n) is 5.46. The lowest BCUT2D eigenvalue weighted by Crippen LogP contribution is -2.52. The van der Waals surface area contributed by atoms with Crippen molar-refractivity contribution in [3.8, 4) is 0 Å². The minimum absolute atomic E-state index is 0.159. The molecule has 0 fully saturated rings. The van der Waals surface area contributed by atoms with Crippen molar-refractivity contribution in [3.63, 3.8) is 0 Å². The Bertz CT molecular complexity index is 1050. The van der Waals surface area contributed by atoms with Gasteiger partial charge in [-0.1, -0.05) is 32.0 Å². The highest BCUT2D eigenvalue weighted by atomic mass is 19.4. The molecule has 0 aliphatic heterocycles. The van der Waals surface area contributed by atoms with Gasteiger partial charge in [0.25, 0.3) is 0 Å². The summed E-state index contributed by atoms with van der Waals surface area (Å²) < 4.78 is 56.0. The van der Waals surface area contributed by atoms with Gasteiger partial charge in [-0.15, -0.1) is 0 Å². The van der Waals surface area contributed by atoms with Crippen molar-refractivity contribution in [3.05, 3.63) is 71.2 Å². The number of aromatic nitrogens is 1. The van der Waals surface area contributed by atoms with Gasteiger partial charge < -0.3 is 10.4 Å². The van der Waals surface area contributed by atoms with Gasteiger partial charge >= 0.3 is 6.18 Å². The third-order valence-corrected chi connectivity index (χ3v) is 5.46. The first-order valence-electron chi connectivity index (χ1n) is 9.81. The molecule has 0 saturated heterocycles. The number of hydrogen-bond donors (Lipinski definition) is 2. The van der Waals surface area contributed by atoms with Crippen LogP contribution in [0.1, 0.15) is 43.1 Å². The molecule has 0 radical (unpaired) electrons. The van der Waals surface area contributed by atoms with E-state index in [0.29, 0.717) is 23.0 Å². The first kappa shape index (κ1) is 22.0. The average Bonchev–Trinajstić information content (AvgIpc) is 2.71. The highest BCUT2D eigenvalue weighted by Crippen LogP contribution is 2.45. The van der Waals surface area contributed by atoms with Gasteiger partial charge in [0.15, 0.2) is 5.60 Å². The molecule has 1 aromatic heterocycles. The maximum atomic E-state index is 14.0. The quantitative estimate of drug-likeness (QED) is 0.474. The van der Waals surface area contributed by atoms with Crippen molar-refractivity contribution in [1.82, 2.24) is 4.98 Å². The largest absolute Gasteiger partial charge is 0.419 e. The maximum Gasteiger partial charge on any atom is 0.419 e. The molecule has 0 amide bonds. The van der Waals surface area contributed by atoms with Crippen LogP contribution in [0.25, 0.3) is 10.9 Å². The number of rotatable bonds is 6. The number of fused-ring (bicyclic) bond motifs is 1. The number of aliphatic hydroxyl groups is 1. The van der Waals surface area contributed by atoms with Gasteiger partial charge in [-0.2, -0.15) is 13.2 Å². The van der Waals surface area contributed by atoms with Crippen LogP contribution in [0, 0.1) is 12.7 Å². The molecule has 7 heteroatoms. The van der Waals surface area contributed by atoms with Crippen molar-refractivity contribution < 1.29 is 22.7 Å². The molecule has 3 nitrogen and oxygen atoms in total. The van der Waals surface area contributed by atoms with E-state index < -0.39 is 30.1 Å². The molecule has 1 heterocycles. The number of benzene rings is 2. The van der Waals surface area contributed by atoms with Crippen LogP contribution in [0.5, 0.6) is 0 Å². The van der Waals surface area contributed by atoms with Gasteiger partial charge in [-0.25, -0.2) is 4.39 Å². The van der Waals surface area contributed by atoms with E-state index in [4.69, 9.17) is 0 Å². The lowest BCUT2D eigenvalue weighted by molar-refractivity contribution is -0.267. The Morgan fingerprint density at radius 2 is 1.80 bits per heavy atom. The smallest absolute Gasteiger partial charge is 0.379 e. The van der Waals surface area contributed by atoms with E-state index in [2.05, 4.69) is 10.3 Å². The van der Waals surface area contributed by atoms with Crippen LogP contribution in [0.3, 0.4) is 0 Å². The molecule has 0 bridgehead atoms. The Morgan fingerprint density at radius 3 is 2.43 bits per heavy atom. The highest BCUT2D eigenvalue weighted by molar-refractivity contribution is 5.91. The highest BCUT2D eigenvalue weighted by Gasteiger charge is 2.58. The van der Waals surface area contributed by atoms with E-state index in [-0.39, 0.29) is 11.1 Å². The zero-order chi connectivity index (χ0) is 22.1. The Labute approximate surface area is 172 Å². The van der Waals surface area contributed by atoms with Gasteiger partial charge in [0.2, 0.25) is 0 Å². The normalized spacial score (nSPS) is 15.1. The van der Waals surface area contributed by atoms with Crippen molar-refractivity contribution in [2.75, 3.05) is 5.32 Å². The fourth-order valence-electron chi connectivity index (χ4n) is 3.63. The SMILES string of the molecule is CCc1cc(C(Nc2cccc3nc(C)ccc23)C(O)(CC)C(F)(F)F)ccc1F. The standard InChI is InChI=1S/C23H24F4N2O/c1-4-15-13-16(10-12-18(15)24)21(22(30,5-2)23(25,26)27)29-20-8-6-7-19-17(20)11-9-14(3)28-19/h6-13,21,29-30H,4-5H2,1-3H3. The molecular weight excluding hydrogens is 396 g/mol. The van der Waals surface area contributed by atoms with Crippen molar-refractivity contribution >= 4 is 16.6 Å². The molecule has 3 rings (SSSR count). The van der Waals surface area contributed by atoms with Crippen molar-refractivity contribution in [1.29, 1.82) is 0 Å². The Hall–Kier alpha value is -2.67. The Morgan fingerprint density at radius 1 is 1.07 bits per heavy atom. The van der Waals surface area contributed by atoms with E-state index in [1.165, 1.54) is 19.1 Å². The zero-order valence-electron chi connectivity index (χ0n) is 17.0. The molecule has 0 aliphatic carbocycles. The summed E-state index contributed by atoms with van der Waals surface area (Å²) in [6, 6.07) is 10.9. The number of anilines is 1. The summed E-state index contributed by atoms with van der Waals surface area (Å²) in [7, 11) is 0. The molecule has 2 unspecified atom stereocenters. The Balaban J connectivity index is 2.18. The summed E-state index contributed by atoms with van der Waals surface area (Å²) in [4.78, 5) is 4.41. The predicted octanol–water partition coefficient (Wildman–Crippen LogP) is 6.10. The minimum Gasteiger partial charge on any atom is -0.379 e. The second kappa shape index (κ2) is 8.22. The van der Waals surface area contributed by atoms with Crippen LogP contribution < -0.4 is 5.32 Å². The van der Waals surface area contributed by atoms with E-state index in [0.717, 1.165) is 11.8 Å². The van der Waals surface area contributed by atoms with Crippen LogP contribution in [0.15, 0.2) is 48.5 Å². The second-order valence-electron chi connectivity index (χ2n) is 7.38. The summed E-state index contributed by atoms with van der Waals surface area (Å²) in [6.07, 6.45) is -5.16. The fourth-order valence-corrected chi connectivity index (χ4v) is 3.63. The number of halogens is 4. The van der Waals surface area contributed by atoms with Crippen molar-refractivity contribution in [2.45, 2.75) is 51.4 Å². The molecule has 2 N–H and O–H groups in total. The number of pyridine rings is 1.